The molecule has 0 saturated carbocycles. The fourth-order valence-electron chi connectivity index (χ4n) is 4.55. The number of carboxylic acid groups (broad SMARTS) is 1. The van der Waals surface area contributed by atoms with E-state index in [2.05, 4.69) is 12.2 Å². The third-order valence-corrected chi connectivity index (χ3v) is 9.54. The standard InChI is InChI=1S/C12H17ClN2O3S.C7H7NO3S/c1-6-7(2)19-10-12(18-4)9(16)15(10)8(6)11(5-13,14-12)17-3;9-5-3-6-8(5)4(7(10)11)1-2-12-6/h7,10,14H,5H2,1-4H3;6H,1-3H2/p+1/t7?,10-,11?,12+;6-/m00/s1. The van der Waals surface area contributed by atoms with Gasteiger partial charge in [-0.15, -0.1) is 27.9 Å². The minimum atomic E-state index is -1.02. The van der Waals surface area contributed by atoms with E-state index < -0.39 is 17.4 Å². The number of nitrogens with zero attached hydrogens (tertiary/aromatic N) is 2. The van der Waals surface area contributed by atoms with Gasteiger partial charge in [-0.1, -0.05) is 11.8 Å². The van der Waals surface area contributed by atoms with Crippen LogP contribution < -0.4 is 5.32 Å². The van der Waals surface area contributed by atoms with Gasteiger partial charge >= 0.3 is 11.9 Å². The van der Waals surface area contributed by atoms with Crippen molar-refractivity contribution in [3.8, 4) is 0 Å². The Morgan fingerprint density at radius 2 is 2.10 bits per heavy atom. The zero-order chi connectivity index (χ0) is 22.7. The lowest BCUT2D eigenvalue weighted by molar-refractivity contribution is -0.505. The molecule has 6 rings (SSSR count). The summed E-state index contributed by atoms with van der Waals surface area (Å²) in [6.45, 7) is 4.15. The van der Waals surface area contributed by atoms with Crippen molar-refractivity contribution >= 4 is 58.6 Å². The van der Waals surface area contributed by atoms with Crippen molar-refractivity contribution in [2.75, 3.05) is 25.9 Å². The van der Waals surface area contributed by atoms with Gasteiger partial charge < -0.3 is 14.6 Å². The number of hydrogen-bond donors (Lipinski definition) is 2. The van der Waals surface area contributed by atoms with Crippen LogP contribution in [0.4, 0.5) is 0 Å². The molecule has 0 radical (unpaired) electrons. The van der Waals surface area contributed by atoms with Gasteiger partial charge in [0.05, 0.1) is 11.6 Å². The number of thioether (sulfide) groups is 2. The van der Waals surface area contributed by atoms with Crippen molar-refractivity contribution in [1.82, 2.24) is 10.2 Å². The van der Waals surface area contributed by atoms with Gasteiger partial charge in [-0.2, -0.15) is 0 Å². The van der Waals surface area contributed by atoms with Crippen LogP contribution in [-0.4, -0.2) is 91.4 Å². The van der Waals surface area contributed by atoms with E-state index in [-0.39, 0.29) is 34.2 Å². The number of amides is 2. The number of carbonyl (C=O) groups excluding carboxylic acids is 2. The first-order valence-corrected chi connectivity index (χ1v) is 12.4. The Hall–Kier alpha value is -1.11. The molecule has 4 saturated heterocycles. The van der Waals surface area contributed by atoms with Crippen LogP contribution in [0.1, 0.15) is 26.7 Å². The third kappa shape index (κ3) is 3.12. The SMILES string of the molecule is COC1(CCl)N[C@@]2(OC)C(=O)N3C1=C(C)C(C)S[C@H]32.O=C(O)C1=[N+]2C(=O)C[C@@H]2SCC1. The summed E-state index contributed by atoms with van der Waals surface area (Å²) in [6.07, 6.45) is 1.00. The van der Waals surface area contributed by atoms with Crippen LogP contribution in [-0.2, 0) is 23.9 Å². The maximum Gasteiger partial charge on any atom is 0.396 e. The van der Waals surface area contributed by atoms with Gasteiger partial charge in [-0.3, -0.25) is 9.69 Å². The number of methoxy groups -OCH3 is 2. The van der Waals surface area contributed by atoms with Crippen LogP contribution in [0.5, 0.6) is 0 Å². The predicted octanol–water partition coefficient (Wildman–Crippen LogP) is 1.01. The molecule has 0 aromatic heterocycles. The van der Waals surface area contributed by atoms with Crippen molar-refractivity contribution in [3.63, 3.8) is 0 Å². The Morgan fingerprint density at radius 1 is 1.39 bits per heavy atom. The average molecular weight is 491 g/mol. The van der Waals surface area contributed by atoms with Gasteiger partial charge in [0, 0.05) is 31.6 Å². The van der Waals surface area contributed by atoms with E-state index in [9.17, 15) is 14.4 Å². The molecule has 2 amide bonds. The van der Waals surface area contributed by atoms with E-state index in [1.807, 2.05) is 6.92 Å². The predicted molar refractivity (Wildman–Crippen MR) is 117 cm³/mol. The van der Waals surface area contributed by atoms with Crippen LogP contribution >= 0.6 is 35.1 Å². The molecule has 0 aromatic rings. The second-order valence-electron chi connectivity index (χ2n) is 7.86. The first-order valence-electron chi connectivity index (χ1n) is 9.86. The number of halogens is 1. The van der Waals surface area contributed by atoms with Gasteiger partial charge in [-0.05, 0) is 19.4 Å². The Kier molecular flexibility index (Phi) is 5.98. The Bertz CT molecular complexity index is 910. The monoisotopic (exact) mass is 490 g/mol. The number of carbonyl (C=O) groups is 3. The highest BCUT2D eigenvalue weighted by molar-refractivity contribution is 8.01. The molecular formula is C19H25ClN3O6S2+. The largest absolute Gasteiger partial charge is 0.474 e. The number of carboxylic acids is 1. The minimum absolute atomic E-state index is 0.0507. The van der Waals surface area contributed by atoms with Crippen molar-refractivity contribution in [2.24, 2.45) is 0 Å². The molecule has 6 heterocycles. The molecule has 6 aliphatic rings. The van der Waals surface area contributed by atoms with E-state index in [1.165, 1.54) is 11.7 Å². The smallest absolute Gasteiger partial charge is 0.396 e. The Morgan fingerprint density at radius 3 is 2.61 bits per heavy atom. The third-order valence-electron chi connectivity index (χ3n) is 6.40. The molecule has 0 aromatic carbocycles. The number of nitrogens with one attached hydrogen (secondary N) is 1. The summed E-state index contributed by atoms with van der Waals surface area (Å²) in [6, 6.07) is 0. The molecule has 6 aliphatic heterocycles. The van der Waals surface area contributed by atoms with E-state index >= 15 is 0 Å². The Balaban J connectivity index is 0.000000166. The highest BCUT2D eigenvalue weighted by Gasteiger charge is 2.74. The van der Waals surface area contributed by atoms with Gasteiger partial charge in [0.15, 0.2) is 5.72 Å². The summed E-state index contributed by atoms with van der Waals surface area (Å²) >= 11 is 9.50. The molecule has 0 spiro atoms. The molecule has 0 aliphatic carbocycles. The zero-order valence-corrected chi connectivity index (χ0v) is 20.0. The number of aliphatic carboxylic acids is 1. The number of ether oxygens (including phenoxy) is 2. The number of rotatable bonds is 4. The highest BCUT2D eigenvalue weighted by atomic mass is 35.5. The van der Waals surface area contributed by atoms with Gasteiger partial charge in [0.1, 0.15) is 11.8 Å². The number of β-lactam (4-membered cyclic amide) rings is 2. The summed E-state index contributed by atoms with van der Waals surface area (Å²) in [5.41, 5.74) is 0.365. The maximum absolute atomic E-state index is 12.4. The summed E-state index contributed by atoms with van der Waals surface area (Å²) in [5.74, 6) is -0.0323. The average Bonchev–Trinajstić information content (AvgIpc) is 2.76. The molecule has 31 heavy (non-hydrogen) atoms. The first-order chi connectivity index (χ1) is 14.7. The molecule has 2 unspecified atom stereocenters. The van der Waals surface area contributed by atoms with Gasteiger partial charge in [-0.25, -0.2) is 14.9 Å². The molecule has 5 atom stereocenters. The molecule has 12 heteroatoms. The minimum Gasteiger partial charge on any atom is -0.474 e. The second-order valence-corrected chi connectivity index (χ2v) is 10.8. The fraction of sp³-hybridized carbons (Fsp3) is 0.684. The lowest BCUT2D eigenvalue weighted by atomic mass is 9.86. The number of alkyl halides is 1. The fourth-order valence-corrected chi connectivity index (χ4v) is 7.57. The van der Waals surface area contributed by atoms with Crippen LogP contribution in [0.25, 0.3) is 0 Å². The quantitative estimate of drug-likeness (QED) is 0.339. The zero-order valence-electron chi connectivity index (χ0n) is 17.6. The number of fused-ring (bicyclic) bond motifs is 2. The molecule has 170 valence electrons. The summed E-state index contributed by atoms with van der Waals surface area (Å²) in [4.78, 5) is 35.8. The molecule has 4 fully saturated rings. The van der Waals surface area contributed by atoms with E-state index in [0.29, 0.717) is 18.1 Å². The molecular weight excluding hydrogens is 466 g/mol. The number of piperazine rings is 2. The summed E-state index contributed by atoms with van der Waals surface area (Å²) in [7, 11) is 3.13. The van der Waals surface area contributed by atoms with E-state index in [1.54, 1.807) is 35.5 Å². The van der Waals surface area contributed by atoms with Crippen LogP contribution in [0, 0.1) is 0 Å². The van der Waals surface area contributed by atoms with Crippen LogP contribution in [0.3, 0.4) is 0 Å². The van der Waals surface area contributed by atoms with Crippen LogP contribution in [0.2, 0.25) is 0 Å². The topological polar surface area (TPSA) is 108 Å². The van der Waals surface area contributed by atoms with Gasteiger partial charge in [0.2, 0.25) is 11.1 Å². The van der Waals surface area contributed by atoms with Crippen LogP contribution in [0.15, 0.2) is 11.3 Å². The lowest BCUT2D eigenvalue weighted by Crippen LogP contribution is -2.90. The number of hydrogen-bond acceptors (Lipinski definition) is 8. The maximum atomic E-state index is 12.4. The molecule has 9 nitrogen and oxygen atoms in total. The summed E-state index contributed by atoms with van der Waals surface area (Å²) in [5, 5.41) is 12.3. The first kappa shape index (κ1) is 23.1. The van der Waals surface area contributed by atoms with E-state index in [4.69, 9.17) is 26.2 Å². The van der Waals surface area contributed by atoms with Crippen molar-refractivity contribution < 1.29 is 33.5 Å². The van der Waals surface area contributed by atoms with E-state index in [0.717, 1.165) is 17.0 Å². The lowest BCUT2D eigenvalue weighted by Gasteiger charge is -2.66. The van der Waals surface area contributed by atoms with Crippen molar-refractivity contribution in [1.29, 1.82) is 0 Å². The van der Waals surface area contributed by atoms with Gasteiger partial charge in [0.25, 0.3) is 11.6 Å². The molecule has 2 N–H and O–H groups in total. The molecule has 4 bridgehead atoms. The normalized spacial score (nSPS) is 38.1. The second kappa shape index (κ2) is 8.03. The van der Waals surface area contributed by atoms with Crippen molar-refractivity contribution in [3.05, 3.63) is 11.3 Å². The Labute approximate surface area is 193 Å². The van der Waals surface area contributed by atoms with Crippen molar-refractivity contribution in [2.45, 2.75) is 54.1 Å². The summed E-state index contributed by atoms with van der Waals surface area (Å²) < 4.78 is 12.5. The highest BCUT2D eigenvalue weighted by Crippen LogP contribution is 2.56.